The van der Waals surface area contributed by atoms with Gasteiger partial charge in [0.2, 0.25) is 0 Å². The number of carbonyl (C=O) groups excluding carboxylic acids is 1. The Bertz CT molecular complexity index is 772. The van der Waals surface area contributed by atoms with Gasteiger partial charge in [0.05, 0.1) is 12.1 Å². The molecule has 0 fully saturated rings. The third-order valence-electron chi connectivity index (χ3n) is 4.78. The molecule has 0 unspecified atom stereocenters. The van der Waals surface area contributed by atoms with E-state index in [1.54, 1.807) is 0 Å². The fourth-order valence-electron chi connectivity index (χ4n) is 3.56. The Kier molecular flexibility index (Phi) is 9.53. The number of alkyl carbamates (subject to hydrolysis) is 1. The third-order valence-corrected chi connectivity index (χ3v) is 4.78. The molecule has 5 heteroatoms. The van der Waals surface area contributed by atoms with Gasteiger partial charge in [-0.2, -0.15) is 0 Å². The van der Waals surface area contributed by atoms with Gasteiger partial charge < -0.3 is 15.2 Å². The quantitative estimate of drug-likeness (QED) is 0.581. The van der Waals surface area contributed by atoms with Crippen LogP contribution in [-0.2, 0) is 17.7 Å². The van der Waals surface area contributed by atoms with E-state index < -0.39 is 23.8 Å². The summed E-state index contributed by atoms with van der Waals surface area (Å²) in [5.74, 6) is 0.460. The predicted molar refractivity (Wildman–Crippen MR) is 126 cm³/mol. The Morgan fingerprint density at radius 3 is 2.03 bits per heavy atom. The van der Waals surface area contributed by atoms with Gasteiger partial charge in [0.1, 0.15) is 5.60 Å². The van der Waals surface area contributed by atoms with E-state index in [-0.39, 0.29) is 0 Å². The Morgan fingerprint density at radius 2 is 1.52 bits per heavy atom. The number of hydrogen-bond acceptors (Lipinski definition) is 4. The van der Waals surface area contributed by atoms with Gasteiger partial charge in [-0.15, -0.1) is 0 Å². The van der Waals surface area contributed by atoms with Gasteiger partial charge in [-0.05, 0) is 44.2 Å². The van der Waals surface area contributed by atoms with Gasteiger partial charge in [0, 0.05) is 19.6 Å². The Balaban J connectivity index is 2.13. The normalized spacial score (nSPS) is 13.8. The zero-order chi connectivity index (χ0) is 22.9. The van der Waals surface area contributed by atoms with Gasteiger partial charge in [0.15, 0.2) is 0 Å². The SMILES string of the molecule is CC(C)CN(Cc1ccccc1)C[C@H](O)[C@@H](Cc1ccccc1)NC(=O)OC(C)(C)C. The highest BCUT2D eigenvalue weighted by atomic mass is 16.6. The average molecular weight is 427 g/mol. The summed E-state index contributed by atoms with van der Waals surface area (Å²) in [6.45, 7) is 11.9. The molecule has 31 heavy (non-hydrogen) atoms. The molecule has 0 saturated carbocycles. The first kappa shape index (κ1) is 24.9. The molecule has 2 atom stereocenters. The highest BCUT2D eigenvalue weighted by molar-refractivity contribution is 5.68. The number of aliphatic hydroxyl groups excluding tert-OH is 1. The molecule has 0 bridgehead atoms. The number of amides is 1. The number of carbonyl (C=O) groups is 1. The van der Waals surface area contributed by atoms with E-state index in [9.17, 15) is 9.90 Å². The number of ether oxygens (including phenoxy) is 1. The van der Waals surface area contributed by atoms with E-state index in [4.69, 9.17) is 4.74 Å². The summed E-state index contributed by atoms with van der Waals surface area (Å²) in [4.78, 5) is 14.7. The van der Waals surface area contributed by atoms with E-state index in [2.05, 4.69) is 36.2 Å². The number of benzene rings is 2. The minimum absolute atomic E-state index is 0.456. The summed E-state index contributed by atoms with van der Waals surface area (Å²) < 4.78 is 5.45. The fourth-order valence-corrected chi connectivity index (χ4v) is 3.56. The minimum Gasteiger partial charge on any atom is -0.444 e. The molecule has 0 radical (unpaired) electrons. The second-order valence-electron chi connectivity index (χ2n) is 9.58. The monoisotopic (exact) mass is 426 g/mol. The van der Waals surface area contributed by atoms with Crippen LogP contribution in [-0.4, -0.2) is 46.9 Å². The van der Waals surface area contributed by atoms with Gasteiger partial charge in [0.25, 0.3) is 0 Å². The van der Waals surface area contributed by atoms with Gasteiger partial charge in [-0.1, -0.05) is 74.5 Å². The second kappa shape index (κ2) is 11.9. The van der Waals surface area contributed by atoms with Crippen LogP contribution in [0.5, 0.6) is 0 Å². The fraction of sp³-hybridized carbons (Fsp3) is 0.500. The highest BCUT2D eigenvalue weighted by Gasteiger charge is 2.27. The van der Waals surface area contributed by atoms with Crippen molar-refractivity contribution in [2.45, 2.75) is 65.3 Å². The van der Waals surface area contributed by atoms with Gasteiger partial charge >= 0.3 is 6.09 Å². The van der Waals surface area contributed by atoms with Crippen LogP contribution in [0.1, 0.15) is 45.7 Å². The molecule has 0 aliphatic carbocycles. The van der Waals surface area contributed by atoms with Crippen molar-refractivity contribution < 1.29 is 14.6 Å². The molecule has 170 valence electrons. The first-order valence-electron chi connectivity index (χ1n) is 11.1. The summed E-state index contributed by atoms with van der Waals surface area (Å²) in [5.41, 5.74) is 1.67. The number of nitrogens with zero attached hydrogens (tertiary/aromatic N) is 1. The molecule has 2 rings (SSSR count). The molecule has 5 nitrogen and oxygen atoms in total. The van der Waals surface area contributed by atoms with Crippen LogP contribution >= 0.6 is 0 Å². The first-order valence-corrected chi connectivity index (χ1v) is 11.1. The van der Waals surface area contributed by atoms with E-state index in [0.717, 1.165) is 18.7 Å². The van der Waals surface area contributed by atoms with Crippen molar-refractivity contribution >= 4 is 6.09 Å². The van der Waals surface area contributed by atoms with Gasteiger partial charge in [-0.25, -0.2) is 4.79 Å². The smallest absolute Gasteiger partial charge is 0.407 e. The second-order valence-corrected chi connectivity index (χ2v) is 9.58. The third kappa shape index (κ3) is 9.99. The predicted octanol–water partition coefficient (Wildman–Crippen LogP) is 4.64. The zero-order valence-corrected chi connectivity index (χ0v) is 19.5. The largest absolute Gasteiger partial charge is 0.444 e. The Labute approximate surface area is 187 Å². The maximum Gasteiger partial charge on any atom is 0.407 e. The van der Waals surface area contributed by atoms with Crippen molar-refractivity contribution in [1.82, 2.24) is 10.2 Å². The van der Waals surface area contributed by atoms with Crippen molar-refractivity contribution in [3.05, 3.63) is 71.8 Å². The molecular weight excluding hydrogens is 388 g/mol. The van der Waals surface area contributed by atoms with E-state index in [1.165, 1.54) is 5.56 Å². The molecule has 0 aromatic heterocycles. The van der Waals surface area contributed by atoms with Crippen molar-refractivity contribution in [2.24, 2.45) is 5.92 Å². The van der Waals surface area contributed by atoms with Gasteiger partial charge in [-0.3, -0.25) is 4.90 Å². The summed E-state index contributed by atoms with van der Waals surface area (Å²) in [5, 5.41) is 14.1. The minimum atomic E-state index is -0.741. The van der Waals surface area contributed by atoms with Crippen molar-refractivity contribution in [2.75, 3.05) is 13.1 Å². The standard InChI is InChI=1S/C26H38N2O3/c1-20(2)17-28(18-22-14-10-7-11-15-22)19-24(29)23(16-21-12-8-6-9-13-21)27-25(30)31-26(3,4)5/h6-15,20,23-24,29H,16-19H2,1-5H3,(H,27,30)/t23-,24+/m1/s1. The summed E-state index contributed by atoms with van der Waals surface area (Å²) in [6.07, 6.45) is -0.719. The van der Waals surface area contributed by atoms with Crippen molar-refractivity contribution in [3.63, 3.8) is 0 Å². The number of rotatable bonds is 10. The summed E-state index contributed by atoms with van der Waals surface area (Å²) in [6, 6.07) is 19.7. The van der Waals surface area contributed by atoms with Crippen LogP contribution < -0.4 is 5.32 Å². The number of nitrogens with one attached hydrogen (secondary N) is 1. The van der Waals surface area contributed by atoms with Crippen LogP contribution in [0.15, 0.2) is 60.7 Å². The molecule has 1 amide bonds. The molecule has 2 aromatic carbocycles. The molecule has 2 N–H and O–H groups in total. The Morgan fingerprint density at radius 1 is 0.968 bits per heavy atom. The van der Waals surface area contributed by atoms with Crippen LogP contribution in [0.4, 0.5) is 4.79 Å². The zero-order valence-electron chi connectivity index (χ0n) is 19.5. The Hall–Kier alpha value is -2.37. The lowest BCUT2D eigenvalue weighted by molar-refractivity contribution is 0.0348. The molecule has 0 aliphatic rings. The van der Waals surface area contributed by atoms with E-state index in [0.29, 0.717) is 18.9 Å². The van der Waals surface area contributed by atoms with Crippen LogP contribution in [0.3, 0.4) is 0 Å². The molecule has 0 saturated heterocycles. The number of aliphatic hydroxyl groups is 1. The topological polar surface area (TPSA) is 61.8 Å². The van der Waals surface area contributed by atoms with Crippen LogP contribution in [0.2, 0.25) is 0 Å². The maximum atomic E-state index is 12.5. The molecule has 2 aromatic rings. The lowest BCUT2D eigenvalue weighted by atomic mass is 10.0. The van der Waals surface area contributed by atoms with Crippen LogP contribution in [0, 0.1) is 5.92 Å². The average Bonchev–Trinajstić information content (AvgIpc) is 2.67. The van der Waals surface area contributed by atoms with E-state index >= 15 is 0 Å². The number of hydrogen-bond donors (Lipinski definition) is 2. The molecule has 0 spiro atoms. The summed E-state index contributed by atoms with van der Waals surface area (Å²) >= 11 is 0. The lowest BCUT2D eigenvalue weighted by Crippen LogP contribution is -2.50. The maximum absolute atomic E-state index is 12.5. The molecule has 0 aliphatic heterocycles. The van der Waals surface area contributed by atoms with Crippen LogP contribution in [0.25, 0.3) is 0 Å². The summed E-state index contributed by atoms with van der Waals surface area (Å²) in [7, 11) is 0. The lowest BCUT2D eigenvalue weighted by Gasteiger charge is -2.32. The van der Waals surface area contributed by atoms with Crippen molar-refractivity contribution in [1.29, 1.82) is 0 Å². The molecule has 0 heterocycles. The molecular formula is C26H38N2O3. The van der Waals surface area contributed by atoms with Crippen molar-refractivity contribution in [3.8, 4) is 0 Å². The van der Waals surface area contributed by atoms with E-state index in [1.807, 2.05) is 69.3 Å². The highest BCUT2D eigenvalue weighted by Crippen LogP contribution is 2.14. The first-order chi connectivity index (χ1) is 14.6.